The third-order valence-electron chi connectivity index (χ3n) is 3.30. The van der Waals surface area contributed by atoms with Crippen molar-refractivity contribution in [1.29, 1.82) is 0 Å². The summed E-state index contributed by atoms with van der Waals surface area (Å²) < 4.78 is 5.19. The van der Waals surface area contributed by atoms with E-state index < -0.39 is 0 Å². The van der Waals surface area contributed by atoms with Gasteiger partial charge in [-0.2, -0.15) is 0 Å². The normalized spacial score (nSPS) is 12.7. The molecule has 90 valence electrons. The van der Waals surface area contributed by atoms with Gasteiger partial charge in [0.25, 0.3) is 0 Å². The quantitative estimate of drug-likeness (QED) is 0.750. The molecule has 0 aliphatic carbocycles. The molecule has 3 rings (SSSR count). The van der Waals surface area contributed by atoms with Gasteiger partial charge in [0, 0.05) is 5.56 Å². The van der Waals surface area contributed by atoms with Gasteiger partial charge < -0.3 is 9.73 Å². The minimum Gasteiger partial charge on any atom is -0.472 e. The van der Waals surface area contributed by atoms with Crippen molar-refractivity contribution >= 4 is 10.8 Å². The van der Waals surface area contributed by atoms with Crippen molar-refractivity contribution in [2.45, 2.75) is 6.04 Å². The molecule has 3 aromatic rings. The first-order chi connectivity index (χ1) is 8.90. The zero-order valence-corrected chi connectivity index (χ0v) is 10.3. The lowest BCUT2D eigenvalue weighted by atomic mass is 9.95. The highest BCUT2D eigenvalue weighted by Crippen LogP contribution is 2.28. The topological polar surface area (TPSA) is 25.2 Å². The number of hydrogen-bond acceptors (Lipinski definition) is 2. The molecule has 0 saturated heterocycles. The smallest absolute Gasteiger partial charge is 0.0953 e. The van der Waals surface area contributed by atoms with E-state index in [0.29, 0.717) is 0 Å². The fourth-order valence-electron chi connectivity index (χ4n) is 2.44. The zero-order chi connectivity index (χ0) is 12.4. The summed E-state index contributed by atoms with van der Waals surface area (Å²) in [5.41, 5.74) is 2.42. The van der Waals surface area contributed by atoms with Crippen molar-refractivity contribution in [3.8, 4) is 0 Å². The molecule has 1 N–H and O–H groups in total. The summed E-state index contributed by atoms with van der Waals surface area (Å²) in [6.45, 7) is 0. The Balaban J connectivity index is 2.18. The molecule has 0 saturated carbocycles. The number of rotatable bonds is 3. The molecular weight excluding hydrogens is 222 g/mol. The van der Waals surface area contributed by atoms with Gasteiger partial charge in [-0.3, -0.25) is 0 Å². The van der Waals surface area contributed by atoms with Gasteiger partial charge in [0.2, 0.25) is 0 Å². The highest BCUT2D eigenvalue weighted by molar-refractivity contribution is 5.86. The lowest BCUT2D eigenvalue weighted by Crippen LogP contribution is -2.17. The van der Waals surface area contributed by atoms with Gasteiger partial charge in [-0.05, 0) is 29.4 Å². The van der Waals surface area contributed by atoms with Crippen molar-refractivity contribution < 1.29 is 4.42 Å². The minimum absolute atomic E-state index is 0.162. The first kappa shape index (κ1) is 11.1. The Labute approximate surface area is 106 Å². The summed E-state index contributed by atoms with van der Waals surface area (Å²) in [5.74, 6) is 0. The van der Waals surface area contributed by atoms with Gasteiger partial charge in [0.15, 0.2) is 0 Å². The van der Waals surface area contributed by atoms with E-state index in [2.05, 4.69) is 47.8 Å². The summed E-state index contributed by atoms with van der Waals surface area (Å²) in [6.07, 6.45) is 3.51. The molecule has 2 nitrogen and oxygen atoms in total. The minimum atomic E-state index is 0.162. The van der Waals surface area contributed by atoms with Crippen LogP contribution in [0.4, 0.5) is 0 Å². The average molecular weight is 237 g/mol. The Kier molecular flexibility index (Phi) is 2.87. The molecular formula is C16H15NO. The molecule has 18 heavy (non-hydrogen) atoms. The van der Waals surface area contributed by atoms with Crippen molar-refractivity contribution in [1.82, 2.24) is 5.32 Å². The van der Waals surface area contributed by atoms with Crippen LogP contribution in [-0.4, -0.2) is 7.05 Å². The molecule has 0 bridgehead atoms. The van der Waals surface area contributed by atoms with Crippen LogP contribution in [0.15, 0.2) is 65.5 Å². The number of nitrogens with one attached hydrogen (secondary N) is 1. The monoisotopic (exact) mass is 237 g/mol. The number of benzene rings is 2. The number of furan rings is 1. The molecule has 0 fully saturated rings. The Morgan fingerprint density at radius 1 is 1.00 bits per heavy atom. The molecule has 1 atom stereocenters. The van der Waals surface area contributed by atoms with Gasteiger partial charge in [-0.1, -0.05) is 42.5 Å². The molecule has 0 amide bonds. The molecule has 0 spiro atoms. The van der Waals surface area contributed by atoms with Gasteiger partial charge in [0.1, 0.15) is 0 Å². The predicted octanol–water partition coefficient (Wildman–Crippen LogP) is 3.74. The Morgan fingerprint density at radius 3 is 2.61 bits per heavy atom. The van der Waals surface area contributed by atoms with E-state index in [9.17, 15) is 0 Å². The Bertz CT molecular complexity index is 638. The summed E-state index contributed by atoms with van der Waals surface area (Å²) in [6, 6.07) is 17.0. The molecule has 2 heteroatoms. The third kappa shape index (κ3) is 1.81. The first-order valence-electron chi connectivity index (χ1n) is 6.07. The Morgan fingerprint density at radius 2 is 1.83 bits per heavy atom. The lowest BCUT2D eigenvalue weighted by molar-refractivity contribution is 0.557. The second kappa shape index (κ2) is 4.67. The largest absolute Gasteiger partial charge is 0.472 e. The van der Waals surface area contributed by atoms with Gasteiger partial charge in [0.05, 0.1) is 18.6 Å². The van der Waals surface area contributed by atoms with Crippen molar-refractivity contribution in [2.24, 2.45) is 0 Å². The van der Waals surface area contributed by atoms with E-state index in [-0.39, 0.29) is 6.04 Å². The number of fused-ring (bicyclic) bond motifs is 1. The van der Waals surface area contributed by atoms with E-state index in [1.807, 2.05) is 13.1 Å². The van der Waals surface area contributed by atoms with Crippen LogP contribution in [-0.2, 0) is 0 Å². The maximum atomic E-state index is 5.19. The SMILES string of the molecule is CNC(c1ccoc1)c1cccc2ccccc12. The summed E-state index contributed by atoms with van der Waals surface area (Å²) in [4.78, 5) is 0. The lowest BCUT2D eigenvalue weighted by Gasteiger charge is -2.17. The van der Waals surface area contributed by atoms with Crippen LogP contribution in [0, 0.1) is 0 Å². The van der Waals surface area contributed by atoms with Crippen LogP contribution in [0.5, 0.6) is 0 Å². The highest BCUT2D eigenvalue weighted by atomic mass is 16.3. The van der Waals surface area contributed by atoms with Crippen molar-refractivity contribution in [3.05, 3.63) is 72.2 Å². The molecule has 0 radical (unpaired) electrons. The van der Waals surface area contributed by atoms with E-state index in [1.165, 1.54) is 16.3 Å². The summed E-state index contributed by atoms with van der Waals surface area (Å²) in [7, 11) is 1.97. The number of hydrogen-bond donors (Lipinski definition) is 1. The van der Waals surface area contributed by atoms with Crippen LogP contribution >= 0.6 is 0 Å². The van der Waals surface area contributed by atoms with Gasteiger partial charge in [-0.15, -0.1) is 0 Å². The molecule has 0 aliphatic rings. The van der Waals surface area contributed by atoms with Crippen LogP contribution in [0.1, 0.15) is 17.2 Å². The molecule has 2 aromatic carbocycles. The van der Waals surface area contributed by atoms with E-state index in [4.69, 9.17) is 4.42 Å². The maximum Gasteiger partial charge on any atom is 0.0953 e. The van der Waals surface area contributed by atoms with Gasteiger partial charge >= 0.3 is 0 Å². The highest BCUT2D eigenvalue weighted by Gasteiger charge is 2.15. The van der Waals surface area contributed by atoms with Crippen LogP contribution in [0.2, 0.25) is 0 Å². The van der Waals surface area contributed by atoms with Crippen LogP contribution in [0.3, 0.4) is 0 Å². The molecule has 1 unspecified atom stereocenters. The second-order valence-electron chi connectivity index (χ2n) is 4.35. The standard InChI is InChI=1S/C16H15NO/c1-17-16(13-9-10-18-11-13)15-8-4-6-12-5-2-3-7-14(12)15/h2-11,16-17H,1H3. The zero-order valence-electron chi connectivity index (χ0n) is 10.3. The fraction of sp³-hybridized carbons (Fsp3) is 0.125. The Hall–Kier alpha value is -2.06. The molecule has 0 aliphatic heterocycles. The fourth-order valence-corrected chi connectivity index (χ4v) is 2.44. The molecule has 1 heterocycles. The maximum absolute atomic E-state index is 5.19. The summed E-state index contributed by atoms with van der Waals surface area (Å²) in [5, 5.41) is 5.89. The van der Waals surface area contributed by atoms with Crippen LogP contribution in [0.25, 0.3) is 10.8 Å². The van der Waals surface area contributed by atoms with Gasteiger partial charge in [-0.25, -0.2) is 0 Å². The second-order valence-corrected chi connectivity index (χ2v) is 4.35. The summed E-state index contributed by atoms with van der Waals surface area (Å²) >= 11 is 0. The van der Waals surface area contributed by atoms with E-state index in [1.54, 1.807) is 12.5 Å². The average Bonchev–Trinajstić information content (AvgIpc) is 2.94. The molecule has 1 aromatic heterocycles. The first-order valence-corrected chi connectivity index (χ1v) is 6.07. The van der Waals surface area contributed by atoms with E-state index in [0.717, 1.165) is 5.56 Å². The third-order valence-corrected chi connectivity index (χ3v) is 3.30. The van der Waals surface area contributed by atoms with E-state index >= 15 is 0 Å². The van der Waals surface area contributed by atoms with Crippen molar-refractivity contribution in [3.63, 3.8) is 0 Å². The van der Waals surface area contributed by atoms with Crippen molar-refractivity contribution in [2.75, 3.05) is 7.05 Å². The van der Waals surface area contributed by atoms with Crippen LogP contribution < -0.4 is 5.32 Å². The predicted molar refractivity (Wildman–Crippen MR) is 73.6 cm³/mol.